The highest BCUT2D eigenvalue weighted by atomic mass is 16.3. The summed E-state index contributed by atoms with van der Waals surface area (Å²) in [5.74, 6) is 1.21. The number of aryl methyl sites for hydroxylation is 1. The molecule has 0 radical (unpaired) electrons. The third-order valence-electron chi connectivity index (χ3n) is 5.82. The van der Waals surface area contributed by atoms with E-state index in [0.29, 0.717) is 11.7 Å². The van der Waals surface area contributed by atoms with Crippen LogP contribution in [0.1, 0.15) is 49.1 Å². The molecule has 27 heavy (non-hydrogen) atoms. The van der Waals surface area contributed by atoms with Crippen molar-refractivity contribution in [2.45, 2.75) is 44.9 Å². The molecule has 0 saturated heterocycles. The highest BCUT2D eigenvalue weighted by Crippen LogP contribution is 2.40. The third-order valence-corrected chi connectivity index (χ3v) is 5.82. The van der Waals surface area contributed by atoms with E-state index in [4.69, 9.17) is 0 Å². The lowest BCUT2D eigenvalue weighted by Gasteiger charge is -2.24. The van der Waals surface area contributed by atoms with Crippen molar-refractivity contribution in [3.63, 3.8) is 0 Å². The lowest BCUT2D eigenvalue weighted by Crippen LogP contribution is -2.05. The van der Waals surface area contributed by atoms with E-state index >= 15 is 0 Å². The predicted molar refractivity (Wildman–Crippen MR) is 111 cm³/mol. The highest BCUT2D eigenvalue weighted by molar-refractivity contribution is 5.73. The molecule has 1 aliphatic carbocycles. The summed E-state index contributed by atoms with van der Waals surface area (Å²) >= 11 is 0. The van der Waals surface area contributed by atoms with E-state index in [0.717, 1.165) is 22.3 Å². The first-order chi connectivity index (χ1) is 13.1. The van der Waals surface area contributed by atoms with Crippen molar-refractivity contribution in [2.75, 3.05) is 0 Å². The minimum Gasteiger partial charge on any atom is -0.508 e. The lowest BCUT2D eigenvalue weighted by molar-refractivity contribution is 0.414. The van der Waals surface area contributed by atoms with Crippen molar-refractivity contribution in [3.8, 4) is 33.8 Å². The van der Waals surface area contributed by atoms with Crippen LogP contribution in [0.25, 0.3) is 22.3 Å². The van der Waals surface area contributed by atoms with Crippen molar-refractivity contribution in [1.82, 2.24) is 0 Å². The summed E-state index contributed by atoms with van der Waals surface area (Å²) in [6.45, 7) is 2.06. The number of phenolic OH excluding ortho intramolecular Hbond substituents is 2. The van der Waals surface area contributed by atoms with Gasteiger partial charge in [0, 0.05) is 0 Å². The van der Waals surface area contributed by atoms with Crippen molar-refractivity contribution in [2.24, 2.45) is 0 Å². The van der Waals surface area contributed by atoms with Gasteiger partial charge in [0.2, 0.25) is 0 Å². The van der Waals surface area contributed by atoms with Gasteiger partial charge >= 0.3 is 0 Å². The van der Waals surface area contributed by atoms with Gasteiger partial charge in [-0.15, -0.1) is 0 Å². The molecule has 0 bridgehead atoms. The fourth-order valence-corrected chi connectivity index (χ4v) is 4.26. The molecule has 0 amide bonds. The number of aromatic hydroxyl groups is 2. The summed E-state index contributed by atoms with van der Waals surface area (Å²) in [6, 6.07) is 19.9. The number of hydrogen-bond acceptors (Lipinski definition) is 2. The third kappa shape index (κ3) is 3.71. The van der Waals surface area contributed by atoms with Gasteiger partial charge in [-0.05, 0) is 83.3 Å². The second-order valence-corrected chi connectivity index (χ2v) is 7.69. The molecule has 1 fully saturated rings. The Morgan fingerprint density at radius 1 is 0.704 bits per heavy atom. The maximum atomic E-state index is 10.5. The number of phenols is 2. The topological polar surface area (TPSA) is 40.5 Å². The van der Waals surface area contributed by atoms with Crippen LogP contribution in [0.15, 0.2) is 60.7 Å². The molecular formula is C25H26O2. The zero-order valence-corrected chi connectivity index (χ0v) is 15.8. The van der Waals surface area contributed by atoms with Crippen LogP contribution < -0.4 is 0 Å². The summed E-state index contributed by atoms with van der Waals surface area (Å²) in [5.41, 5.74) is 6.80. The van der Waals surface area contributed by atoms with E-state index in [9.17, 15) is 10.2 Å². The Hall–Kier alpha value is -2.74. The van der Waals surface area contributed by atoms with E-state index < -0.39 is 0 Å². The fraction of sp³-hybridized carbons (Fsp3) is 0.280. The van der Waals surface area contributed by atoms with Gasteiger partial charge in [-0.2, -0.15) is 0 Å². The molecule has 2 heteroatoms. The first-order valence-electron chi connectivity index (χ1n) is 9.85. The van der Waals surface area contributed by atoms with Crippen LogP contribution in [-0.4, -0.2) is 10.2 Å². The monoisotopic (exact) mass is 358 g/mol. The summed E-state index contributed by atoms with van der Waals surface area (Å²) in [6.07, 6.45) is 6.18. The maximum Gasteiger partial charge on any atom is 0.119 e. The van der Waals surface area contributed by atoms with Crippen molar-refractivity contribution >= 4 is 0 Å². The largest absolute Gasteiger partial charge is 0.508 e. The fourth-order valence-electron chi connectivity index (χ4n) is 4.26. The van der Waals surface area contributed by atoms with E-state index in [2.05, 4.69) is 37.3 Å². The van der Waals surface area contributed by atoms with Gasteiger partial charge in [0.05, 0.1) is 0 Å². The molecule has 0 heterocycles. The van der Waals surface area contributed by atoms with E-state index in [1.54, 1.807) is 12.1 Å². The van der Waals surface area contributed by atoms with Gasteiger partial charge in [-0.1, -0.05) is 55.7 Å². The summed E-state index contributed by atoms with van der Waals surface area (Å²) in [5, 5.41) is 20.0. The van der Waals surface area contributed by atoms with Crippen LogP contribution in [-0.2, 0) is 0 Å². The van der Waals surface area contributed by atoms with Gasteiger partial charge in [-0.25, -0.2) is 0 Å². The lowest BCUT2D eigenvalue weighted by atomic mass is 9.82. The molecule has 138 valence electrons. The van der Waals surface area contributed by atoms with Gasteiger partial charge < -0.3 is 10.2 Å². The van der Waals surface area contributed by atoms with Crippen molar-refractivity contribution in [1.29, 1.82) is 0 Å². The first kappa shape index (κ1) is 17.7. The van der Waals surface area contributed by atoms with Crippen LogP contribution in [0, 0.1) is 6.92 Å². The first-order valence-corrected chi connectivity index (χ1v) is 9.85. The van der Waals surface area contributed by atoms with E-state index in [1.165, 1.54) is 43.2 Å². The van der Waals surface area contributed by atoms with Crippen LogP contribution in [0.5, 0.6) is 11.5 Å². The molecule has 0 aliphatic heterocycles. The average Bonchev–Trinajstić information content (AvgIpc) is 2.70. The van der Waals surface area contributed by atoms with Gasteiger partial charge in [0.15, 0.2) is 0 Å². The molecular weight excluding hydrogens is 332 g/mol. The molecule has 2 N–H and O–H groups in total. The summed E-state index contributed by atoms with van der Waals surface area (Å²) in [7, 11) is 0. The van der Waals surface area contributed by atoms with Gasteiger partial charge in [0.1, 0.15) is 11.5 Å². The second kappa shape index (κ2) is 7.48. The minimum atomic E-state index is 0.283. The Kier molecular flexibility index (Phi) is 4.89. The Morgan fingerprint density at radius 2 is 1.26 bits per heavy atom. The van der Waals surface area contributed by atoms with Gasteiger partial charge in [0.25, 0.3) is 0 Å². The Labute approximate surface area is 161 Å². The summed E-state index contributed by atoms with van der Waals surface area (Å²) in [4.78, 5) is 0. The Bertz CT molecular complexity index is 918. The number of hydrogen-bond donors (Lipinski definition) is 2. The molecule has 0 aromatic heterocycles. The van der Waals surface area contributed by atoms with Crippen molar-refractivity contribution < 1.29 is 10.2 Å². The Balaban J connectivity index is 1.67. The van der Waals surface area contributed by atoms with Crippen LogP contribution in [0.4, 0.5) is 0 Å². The standard InChI is InChI=1S/C25H26O2/c1-17-15-25(27)24(20-5-3-2-4-6-20)16-23(17)21-9-7-18(8-10-21)19-11-13-22(26)14-12-19/h7-16,20,26-27H,2-6H2,1H3. The quantitative estimate of drug-likeness (QED) is 0.541. The Morgan fingerprint density at radius 3 is 1.89 bits per heavy atom. The molecule has 0 spiro atoms. The molecule has 3 aromatic carbocycles. The molecule has 0 atom stereocenters. The van der Waals surface area contributed by atoms with Crippen LogP contribution in [0.2, 0.25) is 0 Å². The zero-order valence-electron chi connectivity index (χ0n) is 15.8. The molecule has 1 saturated carbocycles. The van der Waals surface area contributed by atoms with Crippen molar-refractivity contribution in [3.05, 3.63) is 71.8 Å². The second-order valence-electron chi connectivity index (χ2n) is 7.69. The smallest absolute Gasteiger partial charge is 0.119 e. The zero-order chi connectivity index (χ0) is 18.8. The van der Waals surface area contributed by atoms with E-state index in [1.807, 2.05) is 18.2 Å². The average molecular weight is 358 g/mol. The normalized spacial score (nSPS) is 15.0. The maximum absolute atomic E-state index is 10.5. The minimum absolute atomic E-state index is 0.283. The van der Waals surface area contributed by atoms with Crippen LogP contribution >= 0.6 is 0 Å². The SMILES string of the molecule is Cc1cc(O)c(C2CCCCC2)cc1-c1ccc(-c2ccc(O)cc2)cc1. The molecule has 1 aliphatic rings. The van der Waals surface area contributed by atoms with Gasteiger partial charge in [-0.3, -0.25) is 0 Å². The molecule has 0 unspecified atom stereocenters. The van der Waals surface area contributed by atoms with E-state index in [-0.39, 0.29) is 5.75 Å². The molecule has 3 aromatic rings. The van der Waals surface area contributed by atoms with Crippen LogP contribution in [0.3, 0.4) is 0 Å². The number of rotatable bonds is 3. The predicted octanol–water partition coefficient (Wildman–Crippen LogP) is 6.79. The molecule has 2 nitrogen and oxygen atoms in total. The number of benzene rings is 3. The highest BCUT2D eigenvalue weighted by Gasteiger charge is 2.20. The summed E-state index contributed by atoms with van der Waals surface area (Å²) < 4.78 is 0. The molecule has 4 rings (SSSR count).